The lowest BCUT2D eigenvalue weighted by atomic mass is 10.4. The van der Waals surface area contributed by atoms with Crippen molar-refractivity contribution in [1.82, 2.24) is 0 Å². The first kappa shape index (κ1) is 19.0. The van der Waals surface area contributed by atoms with E-state index in [1.807, 2.05) is 13.8 Å². The van der Waals surface area contributed by atoms with Gasteiger partial charge in [0, 0.05) is 0 Å². The van der Waals surface area contributed by atoms with Crippen molar-refractivity contribution in [2.75, 3.05) is 13.2 Å². The SMILES string of the molecule is CCCCOP(=O)(OCCCC)C(O)C(Cl)(Cl)Cl. The molecule has 1 atom stereocenters. The Morgan fingerprint density at radius 1 is 1.11 bits per heavy atom. The summed E-state index contributed by atoms with van der Waals surface area (Å²) >= 11 is 16.6. The van der Waals surface area contributed by atoms with Gasteiger partial charge in [-0.15, -0.1) is 0 Å². The Kier molecular flexibility index (Phi) is 9.51. The molecule has 0 aliphatic heterocycles. The Hall–Kier alpha value is 0.980. The number of hydrogen-bond donors (Lipinski definition) is 1. The minimum absolute atomic E-state index is 0.192. The number of alkyl halides is 3. The van der Waals surface area contributed by atoms with E-state index in [2.05, 4.69) is 0 Å². The van der Waals surface area contributed by atoms with Crippen LogP contribution >= 0.6 is 42.4 Å². The largest absolute Gasteiger partial charge is 0.377 e. The average molecular weight is 342 g/mol. The van der Waals surface area contributed by atoms with E-state index in [9.17, 15) is 9.67 Å². The normalized spacial score (nSPS) is 14.8. The van der Waals surface area contributed by atoms with E-state index in [0.717, 1.165) is 12.8 Å². The van der Waals surface area contributed by atoms with Crippen LogP contribution in [0.4, 0.5) is 0 Å². The van der Waals surface area contributed by atoms with E-state index in [1.54, 1.807) is 0 Å². The van der Waals surface area contributed by atoms with E-state index in [-0.39, 0.29) is 13.2 Å². The van der Waals surface area contributed by atoms with Gasteiger partial charge in [0.1, 0.15) is 0 Å². The first-order valence-corrected chi connectivity index (χ1v) is 8.66. The van der Waals surface area contributed by atoms with Crippen LogP contribution in [0.25, 0.3) is 0 Å². The standard InChI is InChI=1S/C10H20Cl3O4P/c1-3-5-7-16-18(15,17-8-6-4-2)9(14)10(11,12)13/h9,14H,3-8H2,1-2H3. The maximum atomic E-state index is 12.4. The van der Waals surface area contributed by atoms with Crippen LogP contribution in [0, 0.1) is 0 Å². The first-order valence-electron chi connectivity index (χ1n) is 5.91. The number of halogens is 3. The van der Waals surface area contributed by atoms with Crippen LogP contribution in [0.5, 0.6) is 0 Å². The van der Waals surface area contributed by atoms with Crippen LogP contribution in [-0.4, -0.2) is 28.0 Å². The Bertz CT molecular complexity index is 256. The molecule has 4 nitrogen and oxygen atoms in total. The van der Waals surface area contributed by atoms with Gasteiger partial charge in [-0.25, -0.2) is 0 Å². The Morgan fingerprint density at radius 3 is 1.78 bits per heavy atom. The number of aliphatic hydroxyl groups is 1. The zero-order valence-electron chi connectivity index (χ0n) is 10.6. The number of unbranched alkanes of at least 4 members (excludes halogenated alkanes) is 2. The van der Waals surface area contributed by atoms with Crippen molar-refractivity contribution in [1.29, 1.82) is 0 Å². The fourth-order valence-electron chi connectivity index (χ4n) is 1.03. The fraction of sp³-hybridized carbons (Fsp3) is 1.00. The molecule has 0 saturated carbocycles. The van der Waals surface area contributed by atoms with Gasteiger partial charge >= 0.3 is 7.60 Å². The van der Waals surface area contributed by atoms with Crippen molar-refractivity contribution >= 4 is 42.4 Å². The van der Waals surface area contributed by atoms with Gasteiger partial charge in [-0.3, -0.25) is 4.57 Å². The van der Waals surface area contributed by atoms with Gasteiger partial charge in [-0.05, 0) is 12.8 Å². The summed E-state index contributed by atoms with van der Waals surface area (Å²) in [5, 5.41) is 9.79. The average Bonchev–Trinajstić information content (AvgIpc) is 2.27. The lowest BCUT2D eigenvalue weighted by Crippen LogP contribution is -2.27. The topological polar surface area (TPSA) is 55.8 Å². The summed E-state index contributed by atoms with van der Waals surface area (Å²) in [6, 6.07) is 0. The van der Waals surface area contributed by atoms with Crippen molar-refractivity contribution in [3.05, 3.63) is 0 Å². The molecule has 0 rings (SSSR count). The van der Waals surface area contributed by atoms with Crippen LogP contribution in [0.15, 0.2) is 0 Å². The summed E-state index contributed by atoms with van der Waals surface area (Å²) in [5.41, 5.74) is 0. The first-order chi connectivity index (χ1) is 8.28. The molecule has 0 amide bonds. The molecule has 0 fully saturated rings. The monoisotopic (exact) mass is 340 g/mol. The third-order valence-corrected chi connectivity index (χ3v) is 5.28. The van der Waals surface area contributed by atoms with Gasteiger partial charge in [0.05, 0.1) is 13.2 Å². The predicted molar refractivity (Wildman–Crippen MR) is 75.6 cm³/mol. The van der Waals surface area contributed by atoms with Crippen LogP contribution in [0.1, 0.15) is 39.5 Å². The summed E-state index contributed by atoms with van der Waals surface area (Å²) in [5.74, 6) is -1.79. The zero-order valence-corrected chi connectivity index (χ0v) is 13.7. The van der Waals surface area contributed by atoms with Crippen molar-refractivity contribution in [3.8, 4) is 0 Å². The van der Waals surface area contributed by atoms with E-state index in [1.165, 1.54) is 0 Å². The summed E-state index contributed by atoms with van der Waals surface area (Å²) in [4.78, 5) is 0. The second-order valence-electron chi connectivity index (χ2n) is 3.83. The summed E-state index contributed by atoms with van der Waals surface area (Å²) < 4.78 is 20.5. The van der Waals surface area contributed by atoms with Crippen LogP contribution in [0.2, 0.25) is 0 Å². The second-order valence-corrected chi connectivity index (χ2v) is 8.28. The van der Waals surface area contributed by atoms with Gasteiger partial charge in [-0.1, -0.05) is 61.5 Å². The minimum Gasteiger partial charge on any atom is -0.377 e. The molecule has 8 heteroatoms. The maximum absolute atomic E-state index is 12.4. The molecule has 0 aliphatic rings. The lowest BCUT2D eigenvalue weighted by molar-refractivity contribution is 0.140. The van der Waals surface area contributed by atoms with Crippen molar-refractivity contribution in [2.45, 2.75) is 49.2 Å². The molecule has 0 heterocycles. The van der Waals surface area contributed by atoms with Crippen molar-refractivity contribution < 1.29 is 18.7 Å². The molecule has 0 bridgehead atoms. The highest BCUT2D eigenvalue weighted by Gasteiger charge is 2.47. The molecule has 1 N–H and O–H groups in total. The molecule has 0 aromatic heterocycles. The predicted octanol–water partition coefficient (Wildman–Crippen LogP) is 4.50. The molecule has 1 unspecified atom stereocenters. The Labute approximate surface area is 123 Å². The summed E-state index contributed by atoms with van der Waals surface area (Å²) in [7, 11) is -3.83. The summed E-state index contributed by atoms with van der Waals surface area (Å²) in [6.45, 7) is 4.30. The molecule has 0 aromatic rings. The van der Waals surface area contributed by atoms with E-state index in [0.29, 0.717) is 12.8 Å². The van der Waals surface area contributed by atoms with Gasteiger partial charge in [-0.2, -0.15) is 0 Å². The summed E-state index contributed by atoms with van der Waals surface area (Å²) in [6.07, 6.45) is 3.10. The number of aliphatic hydroxyl groups excluding tert-OH is 1. The quantitative estimate of drug-likeness (QED) is 0.381. The minimum atomic E-state index is -3.83. The molecular formula is C10H20Cl3O4P. The Morgan fingerprint density at radius 2 is 1.50 bits per heavy atom. The van der Waals surface area contributed by atoms with Crippen molar-refractivity contribution in [3.63, 3.8) is 0 Å². The Balaban J connectivity index is 4.63. The molecule has 0 radical (unpaired) electrons. The number of hydrogen-bond acceptors (Lipinski definition) is 4. The highest BCUT2D eigenvalue weighted by molar-refractivity contribution is 7.55. The maximum Gasteiger partial charge on any atom is 0.363 e. The van der Waals surface area contributed by atoms with Crippen LogP contribution in [0.3, 0.4) is 0 Å². The third-order valence-electron chi connectivity index (χ3n) is 2.13. The fourth-order valence-corrected chi connectivity index (χ4v) is 3.59. The van der Waals surface area contributed by atoms with E-state index in [4.69, 9.17) is 43.9 Å². The molecule has 0 aromatic carbocycles. The van der Waals surface area contributed by atoms with Gasteiger partial charge in [0.25, 0.3) is 0 Å². The molecule has 18 heavy (non-hydrogen) atoms. The molecule has 110 valence electrons. The van der Waals surface area contributed by atoms with Crippen LogP contribution < -0.4 is 0 Å². The molecular weight excluding hydrogens is 321 g/mol. The second kappa shape index (κ2) is 9.02. The van der Waals surface area contributed by atoms with Crippen molar-refractivity contribution in [2.24, 2.45) is 0 Å². The molecule has 0 aliphatic carbocycles. The van der Waals surface area contributed by atoms with Crippen LogP contribution in [-0.2, 0) is 13.6 Å². The number of rotatable bonds is 9. The smallest absolute Gasteiger partial charge is 0.363 e. The van der Waals surface area contributed by atoms with Gasteiger partial charge in [0.15, 0.2) is 0 Å². The van der Waals surface area contributed by atoms with E-state index >= 15 is 0 Å². The lowest BCUT2D eigenvalue weighted by Gasteiger charge is -2.27. The highest BCUT2D eigenvalue weighted by Crippen LogP contribution is 2.59. The third kappa shape index (κ3) is 6.95. The van der Waals surface area contributed by atoms with Gasteiger partial charge in [0.2, 0.25) is 9.64 Å². The zero-order chi connectivity index (χ0) is 14.2. The molecule has 0 spiro atoms. The van der Waals surface area contributed by atoms with Gasteiger partial charge < -0.3 is 14.2 Å². The van der Waals surface area contributed by atoms with E-state index < -0.39 is 17.2 Å². The molecule has 0 saturated heterocycles. The highest BCUT2D eigenvalue weighted by atomic mass is 35.6.